The van der Waals surface area contributed by atoms with Crippen LogP contribution < -0.4 is 5.73 Å². The first kappa shape index (κ1) is 11.2. The second kappa shape index (κ2) is 4.57. The Labute approximate surface area is 85.0 Å². The molecule has 2 N–H and O–H groups in total. The topological polar surface area (TPSA) is 53.1 Å². The summed E-state index contributed by atoms with van der Waals surface area (Å²) in [6.07, 6.45) is 1.92. The Balaban J connectivity index is 2.31. The van der Waals surface area contributed by atoms with Crippen LogP contribution in [0.15, 0.2) is 12.3 Å². The molecule has 1 rings (SSSR count). The van der Waals surface area contributed by atoms with Gasteiger partial charge in [-0.15, -0.1) is 0 Å². The molecule has 0 radical (unpaired) electrons. The fourth-order valence-corrected chi connectivity index (χ4v) is 1.08. The number of aromatic nitrogens is 2. The van der Waals surface area contributed by atoms with E-state index in [1.165, 1.54) is 0 Å². The molecular formula is C10H19N3O. The maximum Gasteiger partial charge on any atom is 0.0760 e. The zero-order chi connectivity index (χ0) is 10.6. The lowest BCUT2D eigenvalue weighted by Gasteiger charge is -2.19. The maximum absolute atomic E-state index is 5.58. The summed E-state index contributed by atoms with van der Waals surface area (Å²) >= 11 is 0. The maximum atomic E-state index is 5.58. The summed E-state index contributed by atoms with van der Waals surface area (Å²) < 4.78 is 7.44. The van der Waals surface area contributed by atoms with Crippen molar-refractivity contribution in [3.05, 3.63) is 18.0 Å². The molecule has 0 unspecified atom stereocenters. The Kier molecular flexibility index (Phi) is 3.66. The normalized spacial score (nSPS) is 12.0. The fraction of sp³-hybridized carbons (Fsp3) is 0.700. The SMILES string of the molecule is CC(C)(C)OCCn1ccc(CN)n1. The Morgan fingerprint density at radius 3 is 2.71 bits per heavy atom. The van der Waals surface area contributed by atoms with E-state index in [2.05, 4.69) is 5.10 Å². The van der Waals surface area contributed by atoms with Gasteiger partial charge in [0.25, 0.3) is 0 Å². The lowest BCUT2D eigenvalue weighted by atomic mass is 10.2. The number of nitrogens with two attached hydrogens (primary N) is 1. The quantitative estimate of drug-likeness (QED) is 0.788. The summed E-state index contributed by atoms with van der Waals surface area (Å²) in [5, 5.41) is 4.26. The summed E-state index contributed by atoms with van der Waals surface area (Å²) in [6, 6.07) is 1.93. The molecule has 1 aromatic rings. The monoisotopic (exact) mass is 197 g/mol. The van der Waals surface area contributed by atoms with Gasteiger partial charge in [0.2, 0.25) is 0 Å². The molecular weight excluding hydrogens is 178 g/mol. The summed E-state index contributed by atoms with van der Waals surface area (Å²) in [6.45, 7) is 8.07. The first-order valence-corrected chi connectivity index (χ1v) is 4.87. The molecule has 0 fully saturated rings. The molecule has 14 heavy (non-hydrogen) atoms. The number of nitrogens with zero attached hydrogens (tertiary/aromatic N) is 2. The zero-order valence-electron chi connectivity index (χ0n) is 9.16. The molecule has 0 saturated heterocycles. The van der Waals surface area contributed by atoms with Crippen LogP contribution in [0.25, 0.3) is 0 Å². The third-order valence-electron chi connectivity index (χ3n) is 1.76. The number of hydrogen-bond acceptors (Lipinski definition) is 3. The van der Waals surface area contributed by atoms with E-state index in [1.54, 1.807) is 0 Å². The van der Waals surface area contributed by atoms with Crippen molar-refractivity contribution in [2.24, 2.45) is 5.73 Å². The standard InChI is InChI=1S/C10H19N3O/c1-10(2,3)14-7-6-13-5-4-9(8-11)12-13/h4-5H,6-8,11H2,1-3H3. The molecule has 0 atom stereocenters. The van der Waals surface area contributed by atoms with Crippen LogP contribution in [0.1, 0.15) is 26.5 Å². The molecule has 0 amide bonds. The van der Waals surface area contributed by atoms with Gasteiger partial charge in [-0.1, -0.05) is 0 Å². The van der Waals surface area contributed by atoms with Crippen LogP contribution in [0.3, 0.4) is 0 Å². The van der Waals surface area contributed by atoms with Crippen molar-refractivity contribution in [1.29, 1.82) is 0 Å². The molecule has 0 saturated carbocycles. The molecule has 1 heterocycles. The molecule has 0 aliphatic rings. The number of ether oxygens (including phenoxy) is 1. The third kappa shape index (κ3) is 3.89. The largest absolute Gasteiger partial charge is 0.374 e. The van der Waals surface area contributed by atoms with Crippen LogP contribution in [-0.2, 0) is 17.8 Å². The Bertz CT molecular complexity index is 275. The van der Waals surface area contributed by atoms with Crippen molar-refractivity contribution in [3.8, 4) is 0 Å². The second-order valence-corrected chi connectivity index (χ2v) is 4.24. The summed E-state index contributed by atoms with van der Waals surface area (Å²) in [5.41, 5.74) is 6.29. The van der Waals surface area contributed by atoms with Gasteiger partial charge in [-0.05, 0) is 26.8 Å². The molecule has 0 aliphatic carbocycles. The highest BCUT2D eigenvalue weighted by molar-refractivity contribution is 4.97. The minimum Gasteiger partial charge on any atom is -0.374 e. The molecule has 0 aliphatic heterocycles. The second-order valence-electron chi connectivity index (χ2n) is 4.24. The summed E-state index contributed by atoms with van der Waals surface area (Å²) in [5.74, 6) is 0. The fourth-order valence-electron chi connectivity index (χ4n) is 1.08. The van der Waals surface area contributed by atoms with Crippen molar-refractivity contribution in [2.45, 2.75) is 39.5 Å². The van der Waals surface area contributed by atoms with E-state index in [-0.39, 0.29) is 5.60 Å². The van der Waals surface area contributed by atoms with Crippen LogP contribution in [0.4, 0.5) is 0 Å². The van der Waals surface area contributed by atoms with Crippen molar-refractivity contribution in [3.63, 3.8) is 0 Å². The van der Waals surface area contributed by atoms with Crippen LogP contribution in [0.2, 0.25) is 0 Å². The first-order valence-electron chi connectivity index (χ1n) is 4.87. The number of rotatable bonds is 4. The van der Waals surface area contributed by atoms with Gasteiger partial charge in [0.15, 0.2) is 0 Å². The summed E-state index contributed by atoms with van der Waals surface area (Å²) in [7, 11) is 0. The molecule has 4 nitrogen and oxygen atoms in total. The van der Waals surface area contributed by atoms with E-state index < -0.39 is 0 Å². The molecule has 80 valence electrons. The van der Waals surface area contributed by atoms with Gasteiger partial charge >= 0.3 is 0 Å². The third-order valence-corrected chi connectivity index (χ3v) is 1.76. The van der Waals surface area contributed by atoms with Crippen LogP contribution >= 0.6 is 0 Å². The number of hydrogen-bond donors (Lipinski definition) is 1. The lowest BCUT2D eigenvalue weighted by Crippen LogP contribution is -2.22. The van der Waals surface area contributed by atoms with Crippen molar-refractivity contribution in [2.75, 3.05) is 6.61 Å². The highest BCUT2D eigenvalue weighted by atomic mass is 16.5. The average molecular weight is 197 g/mol. The lowest BCUT2D eigenvalue weighted by molar-refractivity contribution is -0.00792. The van der Waals surface area contributed by atoms with Crippen LogP contribution in [0, 0.1) is 0 Å². The Morgan fingerprint density at radius 1 is 1.50 bits per heavy atom. The first-order chi connectivity index (χ1) is 6.51. The summed E-state index contributed by atoms with van der Waals surface area (Å²) in [4.78, 5) is 0. The predicted octanol–water partition coefficient (Wildman–Crippen LogP) is 1.16. The van der Waals surface area contributed by atoms with Gasteiger partial charge in [-0.25, -0.2) is 0 Å². The predicted molar refractivity (Wildman–Crippen MR) is 55.8 cm³/mol. The Morgan fingerprint density at radius 2 is 2.21 bits per heavy atom. The van der Waals surface area contributed by atoms with Crippen LogP contribution in [-0.4, -0.2) is 22.0 Å². The van der Waals surface area contributed by atoms with Gasteiger partial charge in [-0.3, -0.25) is 4.68 Å². The van der Waals surface area contributed by atoms with E-state index in [0.717, 1.165) is 12.2 Å². The van der Waals surface area contributed by atoms with Crippen molar-refractivity contribution in [1.82, 2.24) is 9.78 Å². The molecule has 0 bridgehead atoms. The molecule has 0 spiro atoms. The Hall–Kier alpha value is -0.870. The molecule has 4 heteroatoms. The van der Waals surface area contributed by atoms with Crippen molar-refractivity contribution < 1.29 is 4.74 Å². The smallest absolute Gasteiger partial charge is 0.0760 e. The molecule has 1 aromatic heterocycles. The highest BCUT2D eigenvalue weighted by Crippen LogP contribution is 2.06. The van der Waals surface area contributed by atoms with Gasteiger partial charge < -0.3 is 10.5 Å². The van der Waals surface area contributed by atoms with Gasteiger partial charge in [-0.2, -0.15) is 5.10 Å². The minimum atomic E-state index is -0.0795. The van der Waals surface area contributed by atoms with E-state index in [4.69, 9.17) is 10.5 Å². The van der Waals surface area contributed by atoms with E-state index in [1.807, 2.05) is 37.7 Å². The van der Waals surface area contributed by atoms with E-state index in [0.29, 0.717) is 13.2 Å². The van der Waals surface area contributed by atoms with E-state index >= 15 is 0 Å². The highest BCUT2D eigenvalue weighted by Gasteiger charge is 2.09. The minimum absolute atomic E-state index is 0.0795. The van der Waals surface area contributed by atoms with Crippen LogP contribution in [0.5, 0.6) is 0 Å². The average Bonchev–Trinajstić information content (AvgIpc) is 2.50. The molecule has 0 aromatic carbocycles. The van der Waals surface area contributed by atoms with Gasteiger partial charge in [0.05, 0.1) is 24.4 Å². The van der Waals surface area contributed by atoms with E-state index in [9.17, 15) is 0 Å². The van der Waals surface area contributed by atoms with Gasteiger partial charge in [0.1, 0.15) is 0 Å². The van der Waals surface area contributed by atoms with Gasteiger partial charge in [0, 0.05) is 12.7 Å². The van der Waals surface area contributed by atoms with Crippen molar-refractivity contribution >= 4 is 0 Å². The zero-order valence-corrected chi connectivity index (χ0v) is 9.16.